The summed E-state index contributed by atoms with van der Waals surface area (Å²) in [6.45, 7) is 5.82. The summed E-state index contributed by atoms with van der Waals surface area (Å²) in [7, 11) is 0. The third-order valence-corrected chi connectivity index (χ3v) is 4.24. The van der Waals surface area contributed by atoms with Crippen molar-refractivity contribution in [2.24, 2.45) is 5.92 Å². The lowest BCUT2D eigenvalue weighted by atomic mass is 9.96. The van der Waals surface area contributed by atoms with Crippen LogP contribution in [0.4, 0.5) is 11.4 Å². The van der Waals surface area contributed by atoms with Crippen molar-refractivity contribution in [3.63, 3.8) is 0 Å². The van der Waals surface area contributed by atoms with Crippen molar-refractivity contribution in [2.75, 3.05) is 31.1 Å². The minimum Gasteiger partial charge on any atom is -0.365 e. The number of anilines is 1. The standard InChI is InChI=1S/C13H19BrN4O2/c1-2-15-7-10-3-5-17(6-4-10)13-11(14)8-16-9-12(13)18(19)20/h8-10,15H,2-7H2,1H3. The summed E-state index contributed by atoms with van der Waals surface area (Å²) in [5.74, 6) is 0.658. The van der Waals surface area contributed by atoms with Gasteiger partial charge in [-0.05, 0) is 47.8 Å². The van der Waals surface area contributed by atoms with Gasteiger partial charge in [-0.2, -0.15) is 0 Å². The molecule has 0 saturated carbocycles. The minimum atomic E-state index is -0.363. The van der Waals surface area contributed by atoms with Crippen LogP contribution in [0.1, 0.15) is 19.8 Å². The molecule has 20 heavy (non-hydrogen) atoms. The largest absolute Gasteiger partial charge is 0.365 e. The fourth-order valence-corrected chi connectivity index (χ4v) is 3.15. The smallest absolute Gasteiger partial charge is 0.311 e. The number of pyridine rings is 1. The lowest BCUT2D eigenvalue weighted by Crippen LogP contribution is -2.37. The zero-order chi connectivity index (χ0) is 14.5. The second-order valence-corrected chi connectivity index (χ2v) is 5.84. The number of nitro groups is 1. The van der Waals surface area contributed by atoms with E-state index >= 15 is 0 Å². The molecule has 1 saturated heterocycles. The molecule has 110 valence electrons. The number of aromatic nitrogens is 1. The summed E-state index contributed by atoms with van der Waals surface area (Å²) in [6.07, 6.45) is 5.05. The topological polar surface area (TPSA) is 71.3 Å². The van der Waals surface area contributed by atoms with Crippen molar-refractivity contribution in [1.29, 1.82) is 0 Å². The van der Waals surface area contributed by atoms with Crippen LogP contribution in [0.25, 0.3) is 0 Å². The molecule has 1 aliphatic heterocycles. The number of rotatable bonds is 5. The molecule has 0 atom stereocenters. The van der Waals surface area contributed by atoms with Crippen LogP contribution in [-0.2, 0) is 0 Å². The van der Waals surface area contributed by atoms with E-state index in [-0.39, 0.29) is 10.6 Å². The third kappa shape index (κ3) is 3.46. The summed E-state index contributed by atoms with van der Waals surface area (Å²) in [5.41, 5.74) is 0.733. The first-order chi connectivity index (χ1) is 9.63. The Morgan fingerprint density at radius 3 is 2.80 bits per heavy atom. The van der Waals surface area contributed by atoms with Crippen molar-refractivity contribution in [2.45, 2.75) is 19.8 Å². The summed E-state index contributed by atoms with van der Waals surface area (Å²) >= 11 is 3.39. The van der Waals surface area contributed by atoms with Crippen LogP contribution in [0.2, 0.25) is 0 Å². The van der Waals surface area contributed by atoms with Gasteiger partial charge in [0, 0.05) is 19.3 Å². The summed E-state index contributed by atoms with van der Waals surface area (Å²) in [6, 6.07) is 0. The number of nitrogens with zero attached hydrogens (tertiary/aromatic N) is 3. The molecule has 0 bridgehead atoms. The number of nitrogens with one attached hydrogen (secondary N) is 1. The van der Waals surface area contributed by atoms with E-state index in [9.17, 15) is 10.1 Å². The first-order valence-corrected chi connectivity index (χ1v) is 7.66. The molecule has 0 aromatic carbocycles. The van der Waals surface area contributed by atoms with Crippen molar-refractivity contribution in [1.82, 2.24) is 10.3 Å². The Bertz CT molecular complexity index is 475. The average Bonchev–Trinajstić information content (AvgIpc) is 2.45. The predicted octanol–water partition coefficient (Wildman–Crippen LogP) is 2.58. The number of hydrogen-bond acceptors (Lipinski definition) is 5. The SMILES string of the molecule is CCNCC1CCN(c2c(Br)cncc2[N+](=O)[O-])CC1. The maximum absolute atomic E-state index is 11.1. The zero-order valence-corrected chi connectivity index (χ0v) is 13.1. The summed E-state index contributed by atoms with van der Waals surface area (Å²) < 4.78 is 0.692. The first-order valence-electron chi connectivity index (χ1n) is 6.87. The van der Waals surface area contributed by atoms with Crippen LogP contribution in [0.5, 0.6) is 0 Å². The quantitative estimate of drug-likeness (QED) is 0.657. The van der Waals surface area contributed by atoms with Gasteiger partial charge in [-0.15, -0.1) is 0 Å². The lowest BCUT2D eigenvalue weighted by Gasteiger charge is -2.33. The van der Waals surface area contributed by atoms with Gasteiger partial charge in [0.25, 0.3) is 0 Å². The molecule has 2 rings (SSSR count). The van der Waals surface area contributed by atoms with E-state index in [0.717, 1.165) is 39.0 Å². The highest BCUT2D eigenvalue weighted by Crippen LogP contribution is 2.36. The van der Waals surface area contributed by atoms with E-state index in [0.29, 0.717) is 16.1 Å². The van der Waals surface area contributed by atoms with Gasteiger partial charge in [0.1, 0.15) is 11.9 Å². The zero-order valence-electron chi connectivity index (χ0n) is 11.5. The van der Waals surface area contributed by atoms with Gasteiger partial charge in [-0.3, -0.25) is 15.1 Å². The van der Waals surface area contributed by atoms with Gasteiger partial charge >= 0.3 is 5.69 Å². The molecule has 0 aliphatic carbocycles. The maximum atomic E-state index is 11.1. The highest BCUT2D eigenvalue weighted by molar-refractivity contribution is 9.10. The highest BCUT2D eigenvalue weighted by atomic mass is 79.9. The molecule has 1 fully saturated rings. The molecule has 0 radical (unpaired) electrons. The van der Waals surface area contributed by atoms with Gasteiger partial charge in [0.05, 0.1) is 9.40 Å². The van der Waals surface area contributed by atoms with E-state index < -0.39 is 0 Å². The predicted molar refractivity (Wildman–Crippen MR) is 82.1 cm³/mol. The number of halogens is 1. The normalized spacial score (nSPS) is 16.4. The maximum Gasteiger partial charge on any atom is 0.311 e. The molecule has 0 unspecified atom stereocenters. The van der Waals surface area contributed by atoms with Crippen LogP contribution in [-0.4, -0.2) is 36.1 Å². The Kier molecular flexibility index (Phi) is 5.31. The van der Waals surface area contributed by atoms with Gasteiger partial charge in [-0.1, -0.05) is 6.92 Å². The van der Waals surface area contributed by atoms with Crippen molar-refractivity contribution in [3.8, 4) is 0 Å². The fraction of sp³-hybridized carbons (Fsp3) is 0.615. The molecule has 7 heteroatoms. The molecular formula is C13H19BrN4O2. The molecule has 1 N–H and O–H groups in total. The molecule has 1 aromatic rings. The van der Waals surface area contributed by atoms with Crippen LogP contribution in [0.15, 0.2) is 16.9 Å². The van der Waals surface area contributed by atoms with Crippen molar-refractivity contribution in [3.05, 3.63) is 27.0 Å². The third-order valence-electron chi connectivity index (χ3n) is 3.66. The van der Waals surface area contributed by atoms with Gasteiger partial charge in [0.15, 0.2) is 0 Å². The minimum absolute atomic E-state index is 0.0736. The monoisotopic (exact) mass is 342 g/mol. The summed E-state index contributed by atoms with van der Waals surface area (Å²) in [5, 5.41) is 14.5. The molecule has 6 nitrogen and oxygen atoms in total. The molecule has 2 heterocycles. The van der Waals surface area contributed by atoms with E-state index in [1.54, 1.807) is 6.20 Å². The second kappa shape index (κ2) is 6.99. The van der Waals surface area contributed by atoms with Gasteiger partial charge < -0.3 is 10.2 Å². The fourth-order valence-electron chi connectivity index (χ4n) is 2.57. The molecular weight excluding hydrogens is 324 g/mol. The Hall–Kier alpha value is -1.21. The van der Waals surface area contributed by atoms with Crippen LogP contribution < -0.4 is 10.2 Å². The average molecular weight is 343 g/mol. The second-order valence-electron chi connectivity index (χ2n) is 4.98. The van der Waals surface area contributed by atoms with E-state index in [1.165, 1.54) is 6.20 Å². The van der Waals surface area contributed by atoms with Crippen molar-refractivity contribution < 1.29 is 4.92 Å². The molecule has 0 amide bonds. The van der Waals surface area contributed by atoms with Gasteiger partial charge in [0.2, 0.25) is 0 Å². The highest BCUT2D eigenvalue weighted by Gasteiger charge is 2.26. The Morgan fingerprint density at radius 2 is 2.20 bits per heavy atom. The van der Waals surface area contributed by atoms with Crippen molar-refractivity contribution >= 4 is 27.3 Å². The van der Waals surface area contributed by atoms with E-state index in [4.69, 9.17) is 0 Å². The van der Waals surface area contributed by atoms with Gasteiger partial charge in [-0.25, -0.2) is 0 Å². The Balaban J connectivity index is 2.09. The molecule has 1 aromatic heterocycles. The van der Waals surface area contributed by atoms with Crippen LogP contribution in [0.3, 0.4) is 0 Å². The van der Waals surface area contributed by atoms with E-state index in [1.807, 2.05) is 0 Å². The Labute approximate surface area is 126 Å². The lowest BCUT2D eigenvalue weighted by molar-refractivity contribution is -0.384. The van der Waals surface area contributed by atoms with Crippen LogP contribution >= 0.6 is 15.9 Å². The number of hydrogen-bond donors (Lipinski definition) is 1. The van der Waals surface area contributed by atoms with Crippen LogP contribution in [0, 0.1) is 16.0 Å². The first kappa shape index (κ1) is 15.2. The molecule has 1 aliphatic rings. The van der Waals surface area contributed by atoms with E-state index in [2.05, 4.69) is 38.1 Å². The summed E-state index contributed by atoms with van der Waals surface area (Å²) in [4.78, 5) is 16.7. The molecule has 0 spiro atoms. The Morgan fingerprint density at radius 1 is 1.50 bits per heavy atom. The number of piperidine rings is 1.